The minimum absolute atomic E-state index is 0.143. The van der Waals surface area contributed by atoms with E-state index in [9.17, 15) is 5.11 Å². The van der Waals surface area contributed by atoms with Crippen molar-refractivity contribution in [2.45, 2.75) is 83.7 Å². The third kappa shape index (κ3) is 3.44. The average molecular weight is 330 g/mol. The van der Waals surface area contributed by atoms with Crippen molar-refractivity contribution in [2.75, 3.05) is 0 Å². The quantitative estimate of drug-likeness (QED) is 0.688. The average Bonchev–Trinajstić information content (AvgIpc) is 2.58. The number of fused-ring (bicyclic) bond motifs is 1. The van der Waals surface area contributed by atoms with E-state index in [2.05, 4.69) is 19.9 Å². The van der Waals surface area contributed by atoms with E-state index in [0.717, 1.165) is 49.7 Å². The molecule has 3 rings (SSSR count). The number of hydrogen-bond donors (Lipinski definition) is 1. The fourth-order valence-corrected chi connectivity index (χ4v) is 4.60. The largest absolute Gasteiger partial charge is 0.385 e. The van der Waals surface area contributed by atoms with Gasteiger partial charge in [0.2, 0.25) is 0 Å². The Morgan fingerprint density at radius 3 is 2.54 bits per heavy atom. The maximum Gasteiger partial charge on any atom is 0.133 e. The maximum absolute atomic E-state index is 15.2. The van der Waals surface area contributed by atoms with Crippen LogP contribution in [0.5, 0.6) is 0 Å². The summed E-state index contributed by atoms with van der Waals surface area (Å²) in [6.07, 6.45) is 12.0. The zero-order chi connectivity index (χ0) is 17.2. The van der Waals surface area contributed by atoms with Crippen LogP contribution in [0.15, 0.2) is 17.7 Å². The van der Waals surface area contributed by atoms with Crippen molar-refractivity contribution in [3.05, 3.63) is 40.2 Å². The first-order chi connectivity index (χ1) is 11.6. The minimum Gasteiger partial charge on any atom is -0.385 e. The van der Waals surface area contributed by atoms with Crippen LogP contribution in [-0.4, -0.2) is 5.11 Å². The molecule has 0 unspecified atom stereocenters. The van der Waals surface area contributed by atoms with Gasteiger partial charge in [-0.1, -0.05) is 56.9 Å². The van der Waals surface area contributed by atoms with Gasteiger partial charge in [0.25, 0.3) is 0 Å². The summed E-state index contributed by atoms with van der Waals surface area (Å²) in [5, 5.41) is 11.1. The highest BCUT2D eigenvalue weighted by atomic mass is 19.1. The second-order valence-corrected chi connectivity index (χ2v) is 7.81. The molecule has 1 N–H and O–H groups in total. The van der Waals surface area contributed by atoms with Crippen molar-refractivity contribution < 1.29 is 9.50 Å². The van der Waals surface area contributed by atoms with E-state index in [0.29, 0.717) is 24.3 Å². The van der Waals surface area contributed by atoms with E-state index in [1.165, 1.54) is 18.4 Å². The SMILES string of the molecule is CCCC1=Cc2ccc(C3(O)CCC(CCC)CC3)c(F)c2CC1. The van der Waals surface area contributed by atoms with Crippen LogP contribution in [0.3, 0.4) is 0 Å². The van der Waals surface area contributed by atoms with Crippen LogP contribution in [0.1, 0.15) is 88.3 Å². The standard InChI is InChI=1S/C22H31FO/c1-3-5-16-11-13-22(24,14-12-16)20-10-8-18-15-17(6-4-2)7-9-19(18)21(20)23/h8,10,15-16,24H,3-7,9,11-14H2,1-2H3. The van der Waals surface area contributed by atoms with Gasteiger partial charge in [0, 0.05) is 5.56 Å². The molecule has 1 aromatic carbocycles. The Labute approximate surface area is 146 Å². The summed E-state index contributed by atoms with van der Waals surface area (Å²) in [7, 11) is 0. The molecule has 0 radical (unpaired) electrons. The Balaban J connectivity index is 1.83. The molecule has 1 aromatic rings. The second-order valence-electron chi connectivity index (χ2n) is 7.81. The van der Waals surface area contributed by atoms with Gasteiger partial charge in [-0.05, 0) is 62.0 Å². The molecule has 0 saturated heterocycles. The van der Waals surface area contributed by atoms with Crippen LogP contribution >= 0.6 is 0 Å². The molecule has 1 fully saturated rings. The summed E-state index contributed by atoms with van der Waals surface area (Å²) in [6, 6.07) is 3.87. The van der Waals surface area contributed by atoms with Gasteiger partial charge in [-0.25, -0.2) is 4.39 Å². The fourth-order valence-electron chi connectivity index (χ4n) is 4.60. The van der Waals surface area contributed by atoms with Gasteiger partial charge in [0.05, 0.1) is 5.60 Å². The second kappa shape index (κ2) is 7.39. The number of hydrogen-bond acceptors (Lipinski definition) is 1. The van der Waals surface area contributed by atoms with Crippen molar-refractivity contribution in [1.29, 1.82) is 0 Å². The first kappa shape index (κ1) is 17.7. The lowest BCUT2D eigenvalue weighted by Gasteiger charge is -2.37. The molecule has 0 heterocycles. The number of benzene rings is 1. The summed E-state index contributed by atoms with van der Waals surface area (Å²) >= 11 is 0. The van der Waals surface area contributed by atoms with Gasteiger partial charge >= 0.3 is 0 Å². The van der Waals surface area contributed by atoms with Crippen LogP contribution in [0.25, 0.3) is 6.08 Å². The van der Waals surface area contributed by atoms with Crippen molar-refractivity contribution in [2.24, 2.45) is 5.92 Å². The molecule has 0 amide bonds. The minimum atomic E-state index is -0.962. The van der Waals surface area contributed by atoms with Crippen molar-refractivity contribution in [1.82, 2.24) is 0 Å². The Morgan fingerprint density at radius 1 is 1.12 bits per heavy atom. The molecule has 2 heteroatoms. The van der Waals surface area contributed by atoms with E-state index < -0.39 is 5.60 Å². The molecular weight excluding hydrogens is 299 g/mol. The fraction of sp³-hybridized carbons (Fsp3) is 0.636. The lowest BCUT2D eigenvalue weighted by Crippen LogP contribution is -2.33. The molecule has 0 bridgehead atoms. The first-order valence-electron chi connectivity index (χ1n) is 9.81. The maximum atomic E-state index is 15.2. The molecule has 0 aromatic heterocycles. The molecule has 1 saturated carbocycles. The normalized spacial score (nSPS) is 26.8. The van der Waals surface area contributed by atoms with Crippen molar-refractivity contribution in [3.63, 3.8) is 0 Å². The van der Waals surface area contributed by atoms with Gasteiger partial charge in [-0.3, -0.25) is 0 Å². The Morgan fingerprint density at radius 2 is 1.88 bits per heavy atom. The van der Waals surface area contributed by atoms with E-state index in [1.807, 2.05) is 12.1 Å². The van der Waals surface area contributed by atoms with Gasteiger partial charge < -0.3 is 5.11 Å². The predicted molar refractivity (Wildman–Crippen MR) is 98.4 cm³/mol. The topological polar surface area (TPSA) is 20.2 Å². The molecule has 24 heavy (non-hydrogen) atoms. The highest BCUT2D eigenvalue weighted by molar-refractivity contribution is 5.61. The molecule has 2 aliphatic rings. The first-order valence-corrected chi connectivity index (χ1v) is 9.81. The number of allylic oxidation sites excluding steroid dienone is 1. The zero-order valence-corrected chi connectivity index (χ0v) is 15.2. The Bertz CT molecular complexity index is 609. The lowest BCUT2D eigenvalue weighted by molar-refractivity contribution is -0.0182. The molecule has 2 aliphatic carbocycles. The van der Waals surface area contributed by atoms with Crippen molar-refractivity contribution in [3.8, 4) is 0 Å². The summed E-state index contributed by atoms with van der Waals surface area (Å²) < 4.78 is 15.2. The van der Waals surface area contributed by atoms with Gasteiger partial charge in [-0.2, -0.15) is 0 Å². The van der Waals surface area contributed by atoms with E-state index in [4.69, 9.17) is 0 Å². The molecule has 0 aliphatic heterocycles. The van der Waals surface area contributed by atoms with Gasteiger partial charge in [0.15, 0.2) is 0 Å². The molecule has 132 valence electrons. The smallest absolute Gasteiger partial charge is 0.133 e. The summed E-state index contributed by atoms with van der Waals surface area (Å²) in [5.41, 5.74) is 2.85. The Kier molecular flexibility index (Phi) is 5.44. The van der Waals surface area contributed by atoms with E-state index >= 15 is 4.39 Å². The van der Waals surface area contributed by atoms with Crippen LogP contribution < -0.4 is 0 Å². The summed E-state index contributed by atoms with van der Waals surface area (Å²) in [5.74, 6) is 0.561. The van der Waals surface area contributed by atoms with Crippen LogP contribution in [0.2, 0.25) is 0 Å². The number of aliphatic hydroxyl groups is 1. The molecular formula is C22H31FO. The van der Waals surface area contributed by atoms with Gasteiger partial charge in [-0.15, -0.1) is 0 Å². The lowest BCUT2D eigenvalue weighted by atomic mass is 9.73. The molecule has 0 atom stereocenters. The summed E-state index contributed by atoms with van der Waals surface area (Å²) in [4.78, 5) is 0. The van der Waals surface area contributed by atoms with E-state index in [1.54, 1.807) is 0 Å². The predicted octanol–water partition coefficient (Wildman–Crippen LogP) is 6.13. The van der Waals surface area contributed by atoms with Crippen LogP contribution in [-0.2, 0) is 12.0 Å². The number of rotatable bonds is 5. The van der Waals surface area contributed by atoms with Gasteiger partial charge in [0.1, 0.15) is 5.82 Å². The van der Waals surface area contributed by atoms with Crippen molar-refractivity contribution >= 4 is 6.08 Å². The summed E-state index contributed by atoms with van der Waals surface area (Å²) in [6.45, 7) is 4.40. The third-order valence-corrected chi connectivity index (χ3v) is 6.04. The van der Waals surface area contributed by atoms with E-state index in [-0.39, 0.29) is 5.82 Å². The number of halogens is 1. The highest BCUT2D eigenvalue weighted by Gasteiger charge is 2.37. The highest BCUT2D eigenvalue weighted by Crippen LogP contribution is 2.43. The van der Waals surface area contributed by atoms with Crippen LogP contribution in [0, 0.1) is 11.7 Å². The molecule has 1 nitrogen and oxygen atoms in total. The van der Waals surface area contributed by atoms with Crippen LogP contribution in [0.4, 0.5) is 4.39 Å². The Hall–Kier alpha value is -1.15. The molecule has 0 spiro atoms. The monoisotopic (exact) mass is 330 g/mol. The third-order valence-electron chi connectivity index (χ3n) is 6.04. The zero-order valence-electron chi connectivity index (χ0n) is 15.2.